The van der Waals surface area contributed by atoms with Crippen molar-refractivity contribution in [3.8, 4) is 5.75 Å². The molecule has 27 heavy (non-hydrogen) atoms. The monoisotopic (exact) mass is 367 g/mol. The summed E-state index contributed by atoms with van der Waals surface area (Å²) in [5, 5.41) is 0. The molecular formula is C21H25N3O3. The van der Waals surface area contributed by atoms with Crippen molar-refractivity contribution in [1.29, 1.82) is 0 Å². The zero-order chi connectivity index (χ0) is 18.6. The molecule has 0 unspecified atom stereocenters. The number of hydrogen-bond acceptors (Lipinski definition) is 4. The van der Waals surface area contributed by atoms with Gasteiger partial charge in [-0.3, -0.25) is 14.5 Å². The van der Waals surface area contributed by atoms with Crippen LogP contribution in [0.2, 0.25) is 0 Å². The van der Waals surface area contributed by atoms with Crippen LogP contribution in [-0.4, -0.2) is 60.0 Å². The van der Waals surface area contributed by atoms with Crippen molar-refractivity contribution in [3.05, 3.63) is 63.6 Å². The van der Waals surface area contributed by atoms with Crippen LogP contribution in [0.3, 0.4) is 0 Å². The van der Waals surface area contributed by atoms with E-state index in [9.17, 15) is 9.59 Å². The first kappa shape index (κ1) is 17.8. The Bertz CT molecular complexity index is 855. The van der Waals surface area contributed by atoms with Crippen molar-refractivity contribution in [1.82, 2.24) is 14.8 Å². The van der Waals surface area contributed by atoms with E-state index in [2.05, 4.69) is 9.88 Å². The van der Waals surface area contributed by atoms with Gasteiger partial charge in [0.05, 0.1) is 0 Å². The number of amides is 1. The third-order valence-corrected chi connectivity index (χ3v) is 5.40. The van der Waals surface area contributed by atoms with Crippen LogP contribution in [0.1, 0.15) is 28.0 Å². The smallest absolute Gasteiger partial charge is 0.261 e. The number of benzene rings is 1. The lowest BCUT2D eigenvalue weighted by Gasteiger charge is -2.34. The molecule has 1 aliphatic carbocycles. The highest BCUT2D eigenvalue weighted by Crippen LogP contribution is 2.19. The van der Waals surface area contributed by atoms with E-state index in [0.29, 0.717) is 19.7 Å². The number of fused-ring (bicyclic) bond motifs is 1. The Labute approximate surface area is 158 Å². The fourth-order valence-electron chi connectivity index (χ4n) is 3.83. The molecule has 6 heteroatoms. The number of carbonyl (C=O) groups is 1. The molecule has 2 heterocycles. The Morgan fingerprint density at radius 3 is 2.63 bits per heavy atom. The van der Waals surface area contributed by atoms with E-state index < -0.39 is 0 Å². The summed E-state index contributed by atoms with van der Waals surface area (Å²) >= 11 is 0. The largest absolute Gasteiger partial charge is 0.492 e. The third kappa shape index (κ3) is 4.06. The summed E-state index contributed by atoms with van der Waals surface area (Å²) in [6, 6.07) is 11.6. The number of aromatic amines is 1. The van der Waals surface area contributed by atoms with Gasteiger partial charge >= 0.3 is 0 Å². The number of piperazine rings is 1. The second-order valence-electron chi connectivity index (χ2n) is 7.16. The van der Waals surface area contributed by atoms with Gasteiger partial charge in [0, 0.05) is 38.4 Å². The van der Waals surface area contributed by atoms with Gasteiger partial charge in [-0.05, 0) is 43.0 Å². The van der Waals surface area contributed by atoms with Crippen molar-refractivity contribution in [2.24, 2.45) is 0 Å². The maximum absolute atomic E-state index is 12.8. The van der Waals surface area contributed by atoms with Gasteiger partial charge in [0.2, 0.25) is 0 Å². The van der Waals surface area contributed by atoms with Crippen molar-refractivity contribution in [2.45, 2.75) is 19.3 Å². The zero-order valence-electron chi connectivity index (χ0n) is 15.4. The quantitative estimate of drug-likeness (QED) is 0.874. The second kappa shape index (κ2) is 7.96. The van der Waals surface area contributed by atoms with Crippen LogP contribution >= 0.6 is 0 Å². The van der Waals surface area contributed by atoms with E-state index in [0.717, 1.165) is 55.9 Å². The van der Waals surface area contributed by atoms with Crippen LogP contribution in [0.4, 0.5) is 0 Å². The highest BCUT2D eigenvalue weighted by Gasteiger charge is 2.25. The maximum Gasteiger partial charge on any atom is 0.261 e. The number of carbonyl (C=O) groups excluding carboxylic acids is 1. The highest BCUT2D eigenvalue weighted by molar-refractivity contribution is 5.94. The first-order valence-corrected chi connectivity index (χ1v) is 9.65. The van der Waals surface area contributed by atoms with Crippen LogP contribution in [-0.2, 0) is 12.8 Å². The number of pyridine rings is 1. The fraction of sp³-hybridized carbons (Fsp3) is 0.429. The van der Waals surface area contributed by atoms with Crippen molar-refractivity contribution in [2.75, 3.05) is 39.3 Å². The molecule has 0 spiro atoms. The normalized spacial score (nSPS) is 17.0. The molecule has 1 aliphatic heterocycles. The topological polar surface area (TPSA) is 65.6 Å². The van der Waals surface area contributed by atoms with Gasteiger partial charge in [-0.2, -0.15) is 0 Å². The third-order valence-electron chi connectivity index (χ3n) is 5.40. The molecule has 1 amide bonds. The number of aryl methyl sites for hydroxylation is 2. The lowest BCUT2D eigenvalue weighted by molar-refractivity contribution is 0.0618. The van der Waals surface area contributed by atoms with Gasteiger partial charge in [0.15, 0.2) is 0 Å². The number of nitrogens with zero attached hydrogens (tertiary/aromatic N) is 2. The van der Waals surface area contributed by atoms with E-state index in [1.807, 2.05) is 36.4 Å². The van der Waals surface area contributed by atoms with Crippen molar-refractivity contribution in [3.63, 3.8) is 0 Å². The molecule has 1 aromatic carbocycles. The van der Waals surface area contributed by atoms with Crippen molar-refractivity contribution >= 4 is 5.91 Å². The lowest BCUT2D eigenvalue weighted by Crippen LogP contribution is -2.50. The van der Waals surface area contributed by atoms with Crippen molar-refractivity contribution < 1.29 is 9.53 Å². The molecule has 2 aromatic rings. The Kier molecular flexibility index (Phi) is 5.25. The molecule has 4 rings (SSSR count). The predicted molar refractivity (Wildman–Crippen MR) is 103 cm³/mol. The van der Waals surface area contributed by atoms with Crippen LogP contribution in [0, 0.1) is 0 Å². The molecule has 1 saturated heterocycles. The van der Waals surface area contributed by atoms with E-state index >= 15 is 0 Å². The molecule has 0 saturated carbocycles. The van der Waals surface area contributed by atoms with Gasteiger partial charge in [-0.25, -0.2) is 0 Å². The molecule has 1 N–H and O–H groups in total. The van der Waals surface area contributed by atoms with E-state index in [4.69, 9.17) is 4.74 Å². The summed E-state index contributed by atoms with van der Waals surface area (Å²) in [6.45, 7) is 4.33. The number of rotatable bonds is 5. The first-order chi connectivity index (χ1) is 13.2. The van der Waals surface area contributed by atoms with Gasteiger partial charge in [0.25, 0.3) is 11.5 Å². The minimum atomic E-state index is -0.251. The Hall–Kier alpha value is -2.60. The van der Waals surface area contributed by atoms with Gasteiger partial charge < -0.3 is 14.6 Å². The number of para-hydroxylation sites is 1. The molecule has 1 aromatic heterocycles. The number of hydrogen-bond donors (Lipinski definition) is 1. The van der Waals surface area contributed by atoms with E-state index in [1.165, 1.54) is 0 Å². The van der Waals surface area contributed by atoms with E-state index in [-0.39, 0.29) is 17.0 Å². The number of nitrogens with one attached hydrogen (secondary N) is 1. The first-order valence-electron chi connectivity index (χ1n) is 9.65. The number of ether oxygens (including phenoxy) is 1. The fourth-order valence-corrected chi connectivity index (χ4v) is 3.83. The lowest BCUT2D eigenvalue weighted by atomic mass is 10.1. The van der Waals surface area contributed by atoms with Crippen LogP contribution in [0.5, 0.6) is 5.75 Å². The predicted octanol–water partition coefficient (Wildman–Crippen LogP) is 1.70. The number of H-pyrrole nitrogens is 1. The van der Waals surface area contributed by atoms with Gasteiger partial charge in [-0.15, -0.1) is 0 Å². The molecule has 1 fully saturated rings. The van der Waals surface area contributed by atoms with Gasteiger partial charge in [0.1, 0.15) is 17.9 Å². The summed E-state index contributed by atoms with van der Waals surface area (Å²) in [6.07, 6.45) is 2.90. The van der Waals surface area contributed by atoms with E-state index in [1.54, 1.807) is 4.90 Å². The Balaban J connectivity index is 1.29. The average molecular weight is 367 g/mol. The highest BCUT2D eigenvalue weighted by atomic mass is 16.5. The summed E-state index contributed by atoms with van der Waals surface area (Å²) in [5.41, 5.74) is 2.16. The van der Waals surface area contributed by atoms with Crippen LogP contribution in [0.15, 0.2) is 41.2 Å². The minimum Gasteiger partial charge on any atom is -0.492 e. The summed E-state index contributed by atoms with van der Waals surface area (Å²) < 4.78 is 5.74. The van der Waals surface area contributed by atoms with Gasteiger partial charge in [-0.1, -0.05) is 18.2 Å². The maximum atomic E-state index is 12.8. The Morgan fingerprint density at radius 1 is 1.07 bits per heavy atom. The number of aromatic nitrogens is 1. The molecule has 6 nitrogen and oxygen atoms in total. The molecule has 142 valence electrons. The standard InChI is InChI=1S/C21H25N3O3/c25-20-18(15-16-5-4-8-19(16)22-20)21(26)24-11-9-23(10-12-24)13-14-27-17-6-2-1-3-7-17/h1-3,6-7,15H,4-5,8-14H2,(H,22,25). The molecule has 0 atom stereocenters. The summed E-state index contributed by atoms with van der Waals surface area (Å²) in [4.78, 5) is 32.0. The Morgan fingerprint density at radius 2 is 1.85 bits per heavy atom. The SMILES string of the molecule is O=C(c1cc2c([nH]c1=O)CCC2)N1CCN(CCOc2ccccc2)CC1. The molecular weight excluding hydrogens is 342 g/mol. The minimum absolute atomic E-state index is 0.147. The summed E-state index contributed by atoms with van der Waals surface area (Å²) in [5.74, 6) is 0.730. The molecule has 0 bridgehead atoms. The zero-order valence-corrected chi connectivity index (χ0v) is 15.4. The average Bonchev–Trinajstić information content (AvgIpc) is 3.15. The molecule has 0 radical (unpaired) electrons. The van der Waals surface area contributed by atoms with Crippen LogP contribution < -0.4 is 10.3 Å². The van der Waals surface area contributed by atoms with Crippen LogP contribution in [0.25, 0.3) is 0 Å². The summed E-state index contributed by atoms with van der Waals surface area (Å²) in [7, 11) is 0. The second-order valence-corrected chi connectivity index (χ2v) is 7.16. The molecule has 2 aliphatic rings.